The molecule has 228 valence electrons. The van der Waals surface area contributed by atoms with Gasteiger partial charge in [-0.25, -0.2) is 24.3 Å². The topological polar surface area (TPSA) is 51.6 Å². The van der Waals surface area contributed by atoms with Crippen molar-refractivity contribution in [3.8, 4) is 67.8 Å². The van der Waals surface area contributed by atoms with Crippen molar-refractivity contribution < 1.29 is 17.6 Å². The second kappa shape index (κ2) is 12.4. The Morgan fingerprint density at radius 3 is 0.915 bits per heavy atom. The average molecular weight is 625 g/mol. The summed E-state index contributed by atoms with van der Waals surface area (Å²) in [4.78, 5) is 18.4. The van der Waals surface area contributed by atoms with E-state index in [1.807, 2.05) is 121 Å². The van der Waals surface area contributed by atoms with Crippen molar-refractivity contribution >= 4 is 0 Å². The highest BCUT2D eigenvalue weighted by atomic mass is 19.4. The standard InChI is InChI=1S/C39H24F4N4/c40-36-30(37-44-32(25-13-5-1-6-14-25)23-33(45-37)26-15-7-2-8-16-26)21-29(39(41,42)43)22-31(36)38-46-34(27-17-9-3-10-18-27)24-35(47-38)28-19-11-4-12-20-28/h1-24H. The molecule has 0 aliphatic heterocycles. The zero-order chi connectivity index (χ0) is 32.4. The number of rotatable bonds is 6. The molecule has 0 aliphatic rings. The van der Waals surface area contributed by atoms with Crippen LogP contribution < -0.4 is 0 Å². The molecule has 0 aliphatic carbocycles. The average Bonchev–Trinajstić information content (AvgIpc) is 3.12. The van der Waals surface area contributed by atoms with Gasteiger partial charge in [0.1, 0.15) is 5.82 Å². The number of aromatic nitrogens is 4. The Kier molecular flexibility index (Phi) is 7.83. The van der Waals surface area contributed by atoms with Gasteiger partial charge in [0.25, 0.3) is 0 Å². The highest BCUT2D eigenvalue weighted by Crippen LogP contribution is 2.39. The van der Waals surface area contributed by atoms with Gasteiger partial charge in [0, 0.05) is 22.3 Å². The van der Waals surface area contributed by atoms with Crippen molar-refractivity contribution in [1.82, 2.24) is 19.9 Å². The number of nitrogens with zero attached hydrogens (tertiary/aromatic N) is 4. The molecule has 7 rings (SSSR count). The summed E-state index contributed by atoms with van der Waals surface area (Å²) in [7, 11) is 0. The summed E-state index contributed by atoms with van der Waals surface area (Å²) in [6.07, 6.45) is -4.81. The molecule has 0 radical (unpaired) electrons. The number of alkyl halides is 3. The molecule has 8 heteroatoms. The minimum Gasteiger partial charge on any atom is -0.228 e. The Morgan fingerprint density at radius 2 is 0.660 bits per heavy atom. The van der Waals surface area contributed by atoms with E-state index in [1.165, 1.54) is 0 Å². The Bertz CT molecular complexity index is 1910. The number of hydrogen-bond acceptors (Lipinski definition) is 4. The van der Waals surface area contributed by atoms with E-state index in [0.29, 0.717) is 45.0 Å². The van der Waals surface area contributed by atoms with E-state index in [4.69, 9.17) is 0 Å². The lowest BCUT2D eigenvalue weighted by Gasteiger charge is -2.16. The predicted octanol–water partition coefficient (Wildman–Crippen LogP) is 10.4. The molecule has 0 unspecified atom stereocenters. The first-order chi connectivity index (χ1) is 22.8. The fourth-order valence-corrected chi connectivity index (χ4v) is 5.28. The maximum absolute atomic E-state index is 16.8. The number of hydrogen-bond donors (Lipinski definition) is 0. The SMILES string of the molecule is Fc1c(-c2nc(-c3ccccc3)cc(-c3ccccc3)n2)cc(C(F)(F)F)cc1-c1nc(-c2ccccc2)cc(-c2ccccc2)n1. The summed E-state index contributed by atoms with van der Waals surface area (Å²) in [6, 6.07) is 41.5. The lowest BCUT2D eigenvalue weighted by atomic mass is 10.0. The van der Waals surface area contributed by atoms with Crippen molar-refractivity contribution in [3.63, 3.8) is 0 Å². The molecule has 0 saturated carbocycles. The van der Waals surface area contributed by atoms with Crippen LogP contribution in [0.5, 0.6) is 0 Å². The van der Waals surface area contributed by atoms with Crippen LogP contribution in [0.15, 0.2) is 146 Å². The molecule has 47 heavy (non-hydrogen) atoms. The van der Waals surface area contributed by atoms with E-state index in [0.717, 1.165) is 12.1 Å². The van der Waals surface area contributed by atoms with E-state index in [2.05, 4.69) is 19.9 Å². The lowest BCUT2D eigenvalue weighted by Crippen LogP contribution is -2.09. The van der Waals surface area contributed by atoms with Crippen LogP contribution in [0, 0.1) is 5.82 Å². The molecule has 2 aromatic heterocycles. The molecular weight excluding hydrogens is 600 g/mol. The monoisotopic (exact) mass is 624 g/mol. The molecule has 2 heterocycles. The molecule has 0 amide bonds. The second-order valence-electron chi connectivity index (χ2n) is 10.8. The first-order valence-corrected chi connectivity index (χ1v) is 14.7. The van der Waals surface area contributed by atoms with Crippen molar-refractivity contribution in [1.29, 1.82) is 0 Å². The van der Waals surface area contributed by atoms with Crippen molar-refractivity contribution in [2.24, 2.45) is 0 Å². The number of halogens is 4. The first-order valence-electron chi connectivity index (χ1n) is 14.7. The fraction of sp³-hybridized carbons (Fsp3) is 0.0256. The Hall–Kier alpha value is -6.02. The molecule has 0 fully saturated rings. The summed E-state index contributed by atoms with van der Waals surface area (Å²) in [6.45, 7) is 0. The van der Waals surface area contributed by atoms with Crippen LogP contribution in [0.1, 0.15) is 5.56 Å². The first kappa shape index (κ1) is 29.7. The van der Waals surface area contributed by atoms with E-state index in [1.54, 1.807) is 12.1 Å². The summed E-state index contributed by atoms with van der Waals surface area (Å²) in [5.74, 6) is -1.36. The maximum atomic E-state index is 16.8. The molecular formula is C39H24F4N4. The van der Waals surface area contributed by atoms with Gasteiger partial charge >= 0.3 is 6.18 Å². The smallest absolute Gasteiger partial charge is 0.228 e. The van der Waals surface area contributed by atoms with Gasteiger partial charge in [0.15, 0.2) is 11.6 Å². The normalized spacial score (nSPS) is 11.4. The van der Waals surface area contributed by atoms with Crippen LogP contribution in [0.4, 0.5) is 17.6 Å². The van der Waals surface area contributed by atoms with Crippen LogP contribution >= 0.6 is 0 Å². The Morgan fingerprint density at radius 1 is 0.383 bits per heavy atom. The predicted molar refractivity (Wildman–Crippen MR) is 175 cm³/mol. The van der Waals surface area contributed by atoms with Crippen molar-refractivity contribution in [2.45, 2.75) is 6.18 Å². The van der Waals surface area contributed by atoms with Gasteiger partial charge in [-0.1, -0.05) is 121 Å². The van der Waals surface area contributed by atoms with Gasteiger partial charge in [-0.15, -0.1) is 0 Å². The molecule has 0 bridgehead atoms. The summed E-state index contributed by atoms with van der Waals surface area (Å²) in [5, 5.41) is 0. The van der Waals surface area contributed by atoms with Crippen molar-refractivity contribution in [3.05, 3.63) is 157 Å². The molecule has 0 N–H and O–H groups in total. The Labute approximate surface area is 268 Å². The molecule has 0 spiro atoms. The fourth-order valence-electron chi connectivity index (χ4n) is 5.28. The third-order valence-electron chi connectivity index (χ3n) is 7.61. The van der Waals surface area contributed by atoms with Gasteiger partial charge in [0.2, 0.25) is 0 Å². The molecule has 0 atom stereocenters. The zero-order valence-electron chi connectivity index (χ0n) is 24.7. The van der Waals surface area contributed by atoms with Gasteiger partial charge in [-0.05, 0) is 24.3 Å². The summed E-state index contributed by atoms with van der Waals surface area (Å²) in [5.41, 5.74) is 2.62. The minimum atomic E-state index is -4.81. The van der Waals surface area contributed by atoms with Gasteiger partial charge in [-0.3, -0.25) is 0 Å². The zero-order valence-corrected chi connectivity index (χ0v) is 24.7. The van der Waals surface area contributed by atoms with Crippen LogP contribution in [0.3, 0.4) is 0 Å². The minimum absolute atomic E-state index is 0.197. The van der Waals surface area contributed by atoms with E-state index in [9.17, 15) is 13.2 Å². The van der Waals surface area contributed by atoms with Crippen LogP contribution in [-0.4, -0.2) is 19.9 Å². The quantitative estimate of drug-likeness (QED) is 0.173. The molecule has 0 saturated heterocycles. The number of benzene rings is 5. The van der Waals surface area contributed by atoms with Crippen LogP contribution in [0.2, 0.25) is 0 Å². The molecule has 5 aromatic carbocycles. The van der Waals surface area contributed by atoms with Gasteiger partial charge < -0.3 is 0 Å². The highest BCUT2D eigenvalue weighted by molar-refractivity contribution is 5.77. The molecule has 7 aromatic rings. The second-order valence-corrected chi connectivity index (χ2v) is 10.8. The summed E-state index contributed by atoms with van der Waals surface area (Å²) < 4.78 is 60.3. The van der Waals surface area contributed by atoms with E-state index in [-0.39, 0.29) is 11.6 Å². The third-order valence-corrected chi connectivity index (χ3v) is 7.61. The van der Waals surface area contributed by atoms with Crippen LogP contribution in [0.25, 0.3) is 67.8 Å². The van der Waals surface area contributed by atoms with E-state index >= 15 is 4.39 Å². The largest absolute Gasteiger partial charge is 0.416 e. The highest BCUT2D eigenvalue weighted by Gasteiger charge is 2.34. The van der Waals surface area contributed by atoms with Gasteiger partial charge in [-0.2, -0.15) is 13.2 Å². The Balaban J connectivity index is 1.49. The van der Waals surface area contributed by atoms with Crippen LogP contribution in [-0.2, 0) is 6.18 Å². The summed E-state index contributed by atoms with van der Waals surface area (Å²) >= 11 is 0. The lowest BCUT2D eigenvalue weighted by molar-refractivity contribution is -0.137. The van der Waals surface area contributed by atoms with Crippen molar-refractivity contribution in [2.75, 3.05) is 0 Å². The van der Waals surface area contributed by atoms with E-state index < -0.39 is 28.7 Å². The molecule has 4 nitrogen and oxygen atoms in total. The maximum Gasteiger partial charge on any atom is 0.416 e. The third kappa shape index (κ3) is 6.26. The van der Waals surface area contributed by atoms with Gasteiger partial charge in [0.05, 0.1) is 39.5 Å².